The highest BCUT2D eigenvalue weighted by molar-refractivity contribution is 7.80. The molecular weight excluding hydrogens is 530 g/mol. The first-order chi connectivity index (χ1) is 18.8. The number of carbonyl (C=O) groups excluding carboxylic acids is 1. The minimum Gasteiger partial charge on any atom is -0.497 e. The smallest absolute Gasteiger partial charge is 0.226 e. The lowest BCUT2D eigenvalue weighted by Gasteiger charge is -2.29. The summed E-state index contributed by atoms with van der Waals surface area (Å²) in [6.07, 6.45) is 1.79. The zero-order valence-electron chi connectivity index (χ0n) is 22.2. The van der Waals surface area contributed by atoms with E-state index in [4.69, 9.17) is 28.6 Å². The van der Waals surface area contributed by atoms with Crippen LogP contribution in [-0.4, -0.2) is 27.7 Å². The number of hydrogen-bond acceptors (Lipinski definition) is 4. The lowest BCUT2D eigenvalue weighted by atomic mass is 10.0. The third kappa shape index (κ3) is 5.22. The van der Waals surface area contributed by atoms with E-state index in [0.717, 1.165) is 34.2 Å². The minimum absolute atomic E-state index is 0.0936. The Labute approximate surface area is 238 Å². The van der Waals surface area contributed by atoms with Gasteiger partial charge in [-0.2, -0.15) is 0 Å². The second kappa shape index (κ2) is 11.1. The number of amides is 1. The number of pyridine rings is 1. The molecule has 2 unspecified atom stereocenters. The Morgan fingerprint density at radius 3 is 2.46 bits per heavy atom. The number of anilines is 2. The minimum atomic E-state index is -0.240. The zero-order valence-corrected chi connectivity index (χ0v) is 23.8. The zero-order chi connectivity index (χ0) is 27.7. The number of rotatable bonds is 7. The van der Waals surface area contributed by atoms with Gasteiger partial charge in [0.1, 0.15) is 11.8 Å². The molecule has 1 fully saturated rings. The number of ether oxygens (including phenoxy) is 1. The maximum Gasteiger partial charge on any atom is 0.226 e. The summed E-state index contributed by atoms with van der Waals surface area (Å²) in [5.41, 5.74) is 5.37. The molecule has 0 radical (unpaired) electrons. The van der Waals surface area contributed by atoms with Crippen molar-refractivity contribution >= 4 is 46.2 Å². The summed E-state index contributed by atoms with van der Waals surface area (Å²) in [6.45, 7) is 5.76. The van der Waals surface area contributed by atoms with Crippen LogP contribution in [0.1, 0.15) is 43.0 Å². The van der Waals surface area contributed by atoms with Crippen LogP contribution in [-0.2, 0) is 4.79 Å². The Bertz CT molecular complexity index is 1500. The maximum atomic E-state index is 12.3. The highest BCUT2D eigenvalue weighted by atomic mass is 35.5. The van der Waals surface area contributed by atoms with Gasteiger partial charge in [0.25, 0.3) is 0 Å². The standard InChI is InChI=1S/C30H30ClN5O2S/c1-18(2)29(37)33-24-14-11-21(17-23(24)31)36-28(27(34-30(36)39)25-7-5-6-16-32-25)26-15-8-19(3)35(26)20-9-12-22(38-4)13-10-20/h5-18,27-28H,1-4H3,(H,33,37)(H,34,39). The van der Waals surface area contributed by atoms with Crippen LogP contribution in [0.2, 0.25) is 5.02 Å². The highest BCUT2D eigenvalue weighted by Crippen LogP contribution is 2.44. The number of methoxy groups -OCH3 is 1. The molecule has 39 heavy (non-hydrogen) atoms. The van der Waals surface area contributed by atoms with Crippen molar-refractivity contribution in [1.82, 2.24) is 14.9 Å². The number of aromatic nitrogens is 2. The lowest BCUT2D eigenvalue weighted by molar-refractivity contribution is -0.118. The normalized spacial score (nSPS) is 16.9. The van der Waals surface area contributed by atoms with Crippen molar-refractivity contribution in [2.45, 2.75) is 32.9 Å². The molecule has 1 amide bonds. The molecule has 200 valence electrons. The molecule has 2 atom stereocenters. The quantitative estimate of drug-likeness (QED) is 0.248. The van der Waals surface area contributed by atoms with E-state index in [2.05, 4.69) is 44.1 Å². The van der Waals surface area contributed by atoms with Gasteiger partial charge in [0.15, 0.2) is 5.11 Å². The molecular formula is C30H30ClN5O2S. The SMILES string of the molecule is COc1ccc(-n2c(C)ccc2C2C(c3ccccn3)NC(=S)N2c2ccc(NC(=O)C(C)C)c(Cl)c2)cc1. The lowest BCUT2D eigenvalue weighted by Crippen LogP contribution is -2.30. The van der Waals surface area contributed by atoms with E-state index < -0.39 is 0 Å². The summed E-state index contributed by atoms with van der Waals surface area (Å²) >= 11 is 12.6. The van der Waals surface area contributed by atoms with Gasteiger partial charge in [-0.3, -0.25) is 9.78 Å². The van der Waals surface area contributed by atoms with Crippen molar-refractivity contribution in [2.75, 3.05) is 17.3 Å². The van der Waals surface area contributed by atoms with E-state index in [-0.39, 0.29) is 23.9 Å². The molecule has 9 heteroatoms. The fourth-order valence-electron chi connectivity index (χ4n) is 4.84. The summed E-state index contributed by atoms with van der Waals surface area (Å²) in [7, 11) is 1.66. The van der Waals surface area contributed by atoms with Crippen LogP contribution in [0.5, 0.6) is 5.75 Å². The first-order valence-electron chi connectivity index (χ1n) is 12.7. The maximum absolute atomic E-state index is 12.3. The average Bonchev–Trinajstić information content (AvgIpc) is 3.49. The van der Waals surface area contributed by atoms with Crippen LogP contribution in [0, 0.1) is 12.8 Å². The molecule has 1 saturated heterocycles. The van der Waals surface area contributed by atoms with Crippen molar-refractivity contribution in [2.24, 2.45) is 5.92 Å². The predicted octanol–water partition coefficient (Wildman–Crippen LogP) is 6.61. The van der Waals surface area contributed by atoms with Crippen LogP contribution >= 0.6 is 23.8 Å². The van der Waals surface area contributed by atoms with Gasteiger partial charge in [0, 0.05) is 34.9 Å². The van der Waals surface area contributed by atoms with Gasteiger partial charge < -0.3 is 24.8 Å². The van der Waals surface area contributed by atoms with Crippen LogP contribution in [0.25, 0.3) is 5.69 Å². The number of aryl methyl sites for hydroxylation is 1. The number of thiocarbonyl (C=S) groups is 1. The molecule has 0 spiro atoms. The summed E-state index contributed by atoms with van der Waals surface area (Å²) < 4.78 is 7.60. The summed E-state index contributed by atoms with van der Waals surface area (Å²) in [6, 6.07) is 23.2. The van der Waals surface area contributed by atoms with Crippen molar-refractivity contribution in [3.63, 3.8) is 0 Å². The molecule has 0 aliphatic carbocycles. The van der Waals surface area contributed by atoms with Crippen molar-refractivity contribution in [1.29, 1.82) is 0 Å². The Morgan fingerprint density at radius 1 is 1.08 bits per heavy atom. The monoisotopic (exact) mass is 559 g/mol. The predicted molar refractivity (Wildman–Crippen MR) is 160 cm³/mol. The number of nitrogens with one attached hydrogen (secondary N) is 2. The Morgan fingerprint density at radius 2 is 1.82 bits per heavy atom. The van der Waals surface area contributed by atoms with Crippen LogP contribution in [0.3, 0.4) is 0 Å². The number of carbonyl (C=O) groups is 1. The third-order valence-electron chi connectivity index (χ3n) is 6.85. The molecule has 0 saturated carbocycles. The second-order valence-corrected chi connectivity index (χ2v) is 10.5. The molecule has 1 aliphatic rings. The van der Waals surface area contributed by atoms with E-state index >= 15 is 0 Å². The fourth-order valence-corrected chi connectivity index (χ4v) is 5.41. The topological polar surface area (TPSA) is 71.4 Å². The van der Waals surface area contributed by atoms with Gasteiger partial charge in [-0.1, -0.05) is 31.5 Å². The highest BCUT2D eigenvalue weighted by Gasteiger charge is 2.42. The largest absolute Gasteiger partial charge is 0.497 e. The van der Waals surface area contributed by atoms with E-state index in [0.29, 0.717) is 15.8 Å². The van der Waals surface area contributed by atoms with E-state index in [1.54, 1.807) is 13.3 Å². The Balaban J connectivity index is 1.62. The van der Waals surface area contributed by atoms with Gasteiger partial charge >= 0.3 is 0 Å². The number of halogens is 1. The molecule has 7 nitrogen and oxygen atoms in total. The van der Waals surface area contributed by atoms with Gasteiger partial charge in [0.2, 0.25) is 5.91 Å². The molecule has 3 heterocycles. The third-order valence-corrected chi connectivity index (χ3v) is 7.48. The summed E-state index contributed by atoms with van der Waals surface area (Å²) in [5, 5.41) is 7.40. The Kier molecular flexibility index (Phi) is 7.59. The fraction of sp³-hybridized carbons (Fsp3) is 0.233. The van der Waals surface area contributed by atoms with Crippen LogP contribution in [0.15, 0.2) is 79.0 Å². The number of hydrogen-bond donors (Lipinski definition) is 2. The summed E-state index contributed by atoms with van der Waals surface area (Å²) in [5.74, 6) is 0.540. The van der Waals surface area contributed by atoms with Gasteiger partial charge in [-0.25, -0.2) is 0 Å². The molecule has 2 N–H and O–H groups in total. The van der Waals surface area contributed by atoms with Crippen molar-refractivity contribution in [3.8, 4) is 11.4 Å². The van der Waals surface area contributed by atoms with E-state index in [1.165, 1.54) is 0 Å². The van der Waals surface area contributed by atoms with Crippen molar-refractivity contribution < 1.29 is 9.53 Å². The van der Waals surface area contributed by atoms with E-state index in [1.807, 2.05) is 74.5 Å². The number of benzene rings is 2. The van der Waals surface area contributed by atoms with Crippen LogP contribution in [0.4, 0.5) is 11.4 Å². The molecule has 2 aromatic heterocycles. The average molecular weight is 560 g/mol. The first kappa shape index (κ1) is 26.7. The molecule has 0 bridgehead atoms. The molecule has 2 aromatic carbocycles. The van der Waals surface area contributed by atoms with Gasteiger partial charge in [-0.15, -0.1) is 0 Å². The first-order valence-corrected chi connectivity index (χ1v) is 13.5. The second-order valence-electron chi connectivity index (χ2n) is 9.74. The molecule has 1 aliphatic heterocycles. The number of nitrogens with zero attached hydrogens (tertiary/aromatic N) is 3. The van der Waals surface area contributed by atoms with E-state index in [9.17, 15) is 4.79 Å². The summed E-state index contributed by atoms with van der Waals surface area (Å²) in [4.78, 5) is 19.0. The van der Waals surface area contributed by atoms with Crippen LogP contribution < -0.4 is 20.3 Å². The van der Waals surface area contributed by atoms with Gasteiger partial charge in [-0.05, 0) is 85.9 Å². The Hall–Kier alpha value is -3.88. The molecule has 5 rings (SSSR count). The van der Waals surface area contributed by atoms with Gasteiger partial charge in [0.05, 0.1) is 29.6 Å². The van der Waals surface area contributed by atoms with Crippen molar-refractivity contribution in [3.05, 3.63) is 101 Å². The molecule has 4 aromatic rings.